The molecule has 2 nitrogen and oxygen atoms in total. The summed E-state index contributed by atoms with van der Waals surface area (Å²) in [5.41, 5.74) is 1.36. The summed E-state index contributed by atoms with van der Waals surface area (Å²) in [5, 5.41) is 4.96. The lowest BCUT2D eigenvalue weighted by molar-refractivity contribution is 0.567. The quantitative estimate of drug-likeness (QED) is 0.877. The lowest BCUT2D eigenvalue weighted by Gasteiger charge is -2.18. The Balaban J connectivity index is 2.03. The van der Waals surface area contributed by atoms with E-state index in [1.165, 1.54) is 28.4 Å². The summed E-state index contributed by atoms with van der Waals surface area (Å²) >= 11 is 3.89. The van der Waals surface area contributed by atoms with Gasteiger partial charge in [0.1, 0.15) is 0 Å². The molecular weight excluding hydrogens is 272 g/mol. The van der Waals surface area contributed by atoms with Gasteiger partial charge < -0.3 is 5.32 Å². The molecule has 0 aromatic carbocycles. The lowest BCUT2D eigenvalue weighted by Crippen LogP contribution is -2.28. The lowest BCUT2D eigenvalue weighted by atomic mass is 9.98. The van der Waals surface area contributed by atoms with Crippen LogP contribution in [0.25, 0.3) is 0 Å². The van der Waals surface area contributed by atoms with Gasteiger partial charge in [-0.3, -0.25) is 0 Å². The van der Waals surface area contributed by atoms with Gasteiger partial charge in [-0.2, -0.15) is 11.8 Å². The van der Waals surface area contributed by atoms with Gasteiger partial charge in [-0.15, -0.1) is 11.3 Å². The van der Waals surface area contributed by atoms with Gasteiger partial charge in [-0.1, -0.05) is 20.8 Å². The van der Waals surface area contributed by atoms with Gasteiger partial charge >= 0.3 is 0 Å². The normalized spacial score (nSPS) is 19.5. The molecule has 1 fully saturated rings. The number of nitrogens with one attached hydrogen (secondary N) is 1. The molecule has 1 saturated carbocycles. The Kier molecular flexibility index (Phi) is 4.34. The maximum absolute atomic E-state index is 4.76. The first-order valence-electron chi connectivity index (χ1n) is 7.04. The van der Waals surface area contributed by atoms with Crippen molar-refractivity contribution in [3.63, 3.8) is 0 Å². The second kappa shape index (κ2) is 5.38. The second-order valence-corrected chi connectivity index (χ2v) is 9.01. The molecule has 0 amide bonds. The Bertz CT molecular complexity index is 441. The Morgan fingerprint density at radius 3 is 2.47 bits per heavy atom. The molecule has 0 aliphatic heterocycles. The van der Waals surface area contributed by atoms with Crippen LogP contribution < -0.4 is 5.32 Å². The van der Waals surface area contributed by atoms with E-state index in [2.05, 4.69) is 46.2 Å². The van der Waals surface area contributed by atoms with E-state index in [4.69, 9.17) is 4.98 Å². The third-order valence-corrected chi connectivity index (χ3v) is 7.02. The molecule has 19 heavy (non-hydrogen) atoms. The van der Waals surface area contributed by atoms with Gasteiger partial charge in [0.25, 0.3) is 0 Å². The minimum atomic E-state index is 0.157. The van der Waals surface area contributed by atoms with Crippen LogP contribution in [0.15, 0.2) is 0 Å². The summed E-state index contributed by atoms with van der Waals surface area (Å²) in [4.78, 5) is 6.16. The standard InChI is InChI=1S/C15H26N2S2/c1-10(16-9-15(18-6)7-8-15)12-11(2)17-13(19-12)14(3,4)5/h10,16H,7-9H2,1-6H3. The third-order valence-electron chi connectivity index (χ3n) is 3.84. The van der Waals surface area contributed by atoms with Crippen LogP contribution >= 0.6 is 23.1 Å². The van der Waals surface area contributed by atoms with Crippen molar-refractivity contribution in [2.75, 3.05) is 12.8 Å². The number of thiazole rings is 1. The highest BCUT2D eigenvalue weighted by Crippen LogP contribution is 2.47. The van der Waals surface area contributed by atoms with Crippen LogP contribution in [-0.4, -0.2) is 22.5 Å². The van der Waals surface area contributed by atoms with Gasteiger partial charge in [0.2, 0.25) is 0 Å². The molecule has 1 heterocycles. The van der Waals surface area contributed by atoms with E-state index in [0.717, 1.165) is 6.54 Å². The summed E-state index contributed by atoms with van der Waals surface area (Å²) in [6.45, 7) is 12.2. The highest BCUT2D eigenvalue weighted by molar-refractivity contribution is 8.00. The molecule has 108 valence electrons. The largest absolute Gasteiger partial charge is 0.308 e. The number of aryl methyl sites for hydroxylation is 1. The van der Waals surface area contributed by atoms with Gasteiger partial charge in [0.05, 0.1) is 10.7 Å². The summed E-state index contributed by atoms with van der Waals surface area (Å²) in [7, 11) is 0. The topological polar surface area (TPSA) is 24.9 Å². The Hall–Kier alpha value is -0.0600. The number of aromatic nitrogens is 1. The number of nitrogens with zero attached hydrogens (tertiary/aromatic N) is 1. The van der Waals surface area contributed by atoms with E-state index in [0.29, 0.717) is 10.8 Å². The van der Waals surface area contributed by atoms with Crippen molar-refractivity contribution in [1.29, 1.82) is 0 Å². The van der Waals surface area contributed by atoms with Crippen LogP contribution in [0.3, 0.4) is 0 Å². The Morgan fingerprint density at radius 2 is 2.05 bits per heavy atom. The fourth-order valence-electron chi connectivity index (χ4n) is 2.16. The molecule has 1 atom stereocenters. The van der Waals surface area contributed by atoms with Crippen molar-refractivity contribution in [2.24, 2.45) is 0 Å². The maximum atomic E-state index is 4.76. The van der Waals surface area contributed by atoms with E-state index >= 15 is 0 Å². The van der Waals surface area contributed by atoms with Crippen LogP contribution in [0.1, 0.15) is 62.2 Å². The Labute approximate surface area is 125 Å². The first kappa shape index (κ1) is 15.3. The van der Waals surface area contributed by atoms with Crippen LogP contribution in [0.4, 0.5) is 0 Å². The first-order valence-corrected chi connectivity index (χ1v) is 9.08. The molecule has 1 aliphatic carbocycles. The summed E-state index contributed by atoms with van der Waals surface area (Å²) in [5.74, 6) is 0. The highest BCUT2D eigenvalue weighted by Gasteiger charge is 2.41. The minimum Gasteiger partial charge on any atom is -0.308 e. The number of thioether (sulfide) groups is 1. The van der Waals surface area contributed by atoms with Gasteiger partial charge in [-0.25, -0.2) is 4.98 Å². The predicted octanol–water partition coefficient (Wildman–Crippen LogP) is 4.30. The van der Waals surface area contributed by atoms with Crippen LogP contribution in [0, 0.1) is 6.92 Å². The molecule has 2 rings (SSSR count). The number of rotatable bonds is 5. The first-order chi connectivity index (χ1) is 8.77. The zero-order chi connectivity index (χ0) is 14.3. The monoisotopic (exact) mass is 298 g/mol. The van der Waals surface area contributed by atoms with E-state index in [-0.39, 0.29) is 5.41 Å². The zero-order valence-electron chi connectivity index (χ0n) is 13.0. The average Bonchev–Trinajstić information content (AvgIpc) is 3.00. The highest BCUT2D eigenvalue weighted by atomic mass is 32.2. The fraction of sp³-hybridized carbons (Fsp3) is 0.800. The van der Waals surface area contributed by atoms with Crippen molar-refractivity contribution < 1.29 is 0 Å². The molecule has 1 N–H and O–H groups in total. The molecule has 1 aromatic heterocycles. The molecule has 0 saturated heterocycles. The van der Waals surface area contributed by atoms with Gasteiger partial charge in [0.15, 0.2) is 0 Å². The van der Waals surface area contributed by atoms with E-state index < -0.39 is 0 Å². The molecule has 1 aliphatic rings. The van der Waals surface area contributed by atoms with Crippen LogP contribution in [-0.2, 0) is 5.41 Å². The number of hydrogen-bond acceptors (Lipinski definition) is 4. The molecule has 0 bridgehead atoms. The molecule has 0 radical (unpaired) electrons. The third kappa shape index (κ3) is 3.53. The van der Waals surface area contributed by atoms with Gasteiger partial charge in [0, 0.05) is 27.6 Å². The Morgan fingerprint density at radius 1 is 1.42 bits per heavy atom. The molecule has 0 spiro atoms. The fourth-order valence-corrected chi connectivity index (χ4v) is 4.04. The summed E-state index contributed by atoms with van der Waals surface area (Å²) in [6, 6.07) is 0.415. The van der Waals surface area contributed by atoms with Crippen molar-refractivity contribution in [3.8, 4) is 0 Å². The van der Waals surface area contributed by atoms with Crippen molar-refractivity contribution in [2.45, 2.75) is 63.7 Å². The summed E-state index contributed by atoms with van der Waals surface area (Å²) in [6.07, 6.45) is 4.96. The predicted molar refractivity (Wildman–Crippen MR) is 87.4 cm³/mol. The summed E-state index contributed by atoms with van der Waals surface area (Å²) < 4.78 is 0.527. The van der Waals surface area contributed by atoms with Gasteiger partial charge in [-0.05, 0) is 32.9 Å². The van der Waals surface area contributed by atoms with Crippen molar-refractivity contribution in [3.05, 3.63) is 15.6 Å². The maximum Gasteiger partial charge on any atom is 0.0985 e. The minimum absolute atomic E-state index is 0.157. The molecule has 1 unspecified atom stereocenters. The van der Waals surface area contributed by atoms with E-state index in [9.17, 15) is 0 Å². The molecule has 4 heteroatoms. The average molecular weight is 299 g/mol. The van der Waals surface area contributed by atoms with Crippen molar-refractivity contribution >= 4 is 23.1 Å². The van der Waals surface area contributed by atoms with E-state index in [1.54, 1.807) is 0 Å². The number of hydrogen-bond donors (Lipinski definition) is 1. The van der Waals surface area contributed by atoms with Crippen LogP contribution in [0.2, 0.25) is 0 Å². The smallest absolute Gasteiger partial charge is 0.0985 e. The zero-order valence-corrected chi connectivity index (χ0v) is 14.6. The second-order valence-electron chi connectivity index (χ2n) is 6.71. The molecular formula is C15H26N2S2. The van der Waals surface area contributed by atoms with Crippen molar-refractivity contribution in [1.82, 2.24) is 10.3 Å². The molecule has 1 aromatic rings. The van der Waals surface area contributed by atoms with E-state index in [1.807, 2.05) is 23.1 Å². The van der Waals surface area contributed by atoms with Crippen LogP contribution in [0.5, 0.6) is 0 Å². The SMILES string of the molecule is CSC1(CNC(C)c2sc(C(C)(C)C)nc2C)CC1.